The van der Waals surface area contributed by atoms with Crippen LogP contribution in [0.15, 0.2) is 18.2 Å². The van der Waals surface area contributed by atoms with E-state index in [0.717, 1.165) is 0 Å². The average Bonchev–Trinajstić information content (AvgIpc) is 2.20. The van der Waals surface area contributed by atoms with E-state index >= 15 is 0 Å². The van der Waals surface area contributed by atoms with Gasteiger partial charge in [0, 0.05) is 11.1 Å². The van der Waals surface area contributed by atoms with Gasteiger partial charge in [0.1, 0.15) is 0 Å². The number of rotatable bonds is 3. The van der Waals surface area contributed by atoms with Gasteiger partial charge in [0.25, 0.3) is 0 Å². The molecule has 0 aliphatic rings. The number of hydrogen-bond acceptors (Lipinski definition) is 3. The van der Waals surface area contributed by atoms with Crippen LogP contribution in [0.5, 0.6) is 5.75 Å². The van der Waals surface area contributed by atoms with Crippen molar-refractivity contribution in [1.82, 2.24) is 5.06 Å². The summed E-state index contributed by atoms with van der Waals surface area (Å²) in [6, 6.07) is 4.52. The molecule has 0 saturated heterocycles. The summed E-state index contributed by atoms with van der Waals surface area (Å²) in [6.45, 7) is 4.97. The fourth-order valence-electron chi connectivity index (χ4n) is 1.05. The van der Waals surface area contributed by atoms with Crippen molar-refractivity contribution in [3.63, 3.8) is 0 Å². The smallest absolute Gasteiger partial charge is 0.435 e. The summed E-state index contributed by atoms with van der Waals surface area (Å²) in [5.41, 5.74) is -0.781. The van der Waals surface area contributed by atoms with E-state index in [4.69, 9.17) is 38.2 Å². The number of hydrogen-bond donors (Lipinski definition) is 1. The quantitative estimate of drug-likeness (QED) is 0.676. The lowest BCUT2D eigenvalue weighted by Crippen LogP contribution is -2.45. The Kier molecular flexibility index (Phi) is 4.67. The molecule has 1 rings (SSSR count). The number of amides is 1. The van der Waals surface area contributed by atoms with E-state index in [-0.39, 0.29) is 10.8 Å². The van der Waals surface area contributed by atoms with Crippen molar-refractivity contribution < 1.29 is 19.8 Å². The second-order valence-electron chi connectivity index (χ2n) is 4.48. The maximum atomic E-state index is 11.0. The summed E-state index contributed by atoms with van der Waals surface area (Å²) < 4.78 is 0. The van der Waals surface area contributed by atoms with Crippen molar-refractivity contribution in [2.75, 3.05) is 0 Å². The number of nitrogens with zero attached hydrogens (tertiary/aromatic N) is 1. The predicted octanol–water partition coefficient (Wildman–Crippen LogP) is 4.00. The summed E-state index contributed by atoms with van der Waals surface area (Å²) in [4.78, 5) is 20.7. The molecule has 18 heavy (non-hydrogen) atoms. The summed E-state index contributed by atoms with van der Waals surface area (Å²) in [7, 11) is 0. The van der Waals surface area contributed by atoms with Crippen molar-refractivity contribution in [1.29, 1.82) is 0 Å². The Morgan fingerprint density at radius 1 is 1.33 bits per heavy atom. The Balaban J connectivity index is 2.79. The lowest BCUT2D eigenvalue weighted by Gasteiger charge is -2.29. The number of carboxylic acid groups (broad SMARTS) is 1. The molecule has 0 radical (unpaired) electrons. The highest BCUT2D eigenvalue weighted by molar-refractivity contribution is 6.34. The van der Waals surface area contributed by atoms with Crippen LogP contribution in [-0.4, -0.2) is 21.8 Å². The van der Waals surface area contributed by atoms with Crippen LogP contribution in [-0.2, 0) is 4.99 Å². The fourth-order valence-corrected chi connectivity index (χ4v) is 1.36. The molecule has 0 unspecified atom stereocenters. The number of hydroxylamine groups is 2. The van der Waals surface area contributed by atoms with Gasteiger partial charge in [-0.25, -0.2) is 4.79 Å². The third-order valence-electron chi connectivity index (χ3n) is 1.88. The van der Waals surface area contributed by atoms with E-state index in [2.05, 4.69) is 0 Å². The van der Waals surface area contributed by atoms with Crippen molar-refractivity contribution in [3.05, 3.63) is 28.2 Å². The molecule has 0 spiro atoms. The third kappa shape index (κ3) is 3.94. The summed E-state index contributed by atoms with van der Waals surface area (Å²) in [5, 5.41) is 10.3. The molecule has 7 heteroatoms. The SMILES string of the molecule is CC(C)(C)N(OOc1cc(Cl)ccc1Cl)C(=O)O. The lowest BCUT2D eigenvalue weighted by molar-refractivity contribution is -0.370. The van der Waals surface area contributed by atoms with Gasteiger partial charge in [-0.2, -0.15) is 0 Å². The van der Waals surface area contributed by atoms with E-state index in [9.17, 15) is 4.79 Å². The molecule has 1 amide bonds. The van der Waals surface area contributed by atoms with Crippen LogP contribution in [0, 0.1) is 0 Å². The van der Waals surface area contributed by atoms with Crippen LogP contribution in [0.4, 0.5) is 4.79 Å². The normalized spacial score (nSPS) is 11.2. The van der Waals surface area contributed by atoms with Gasteiger partial charge in [-0.15, -0.1) is 5.06 Å². The molecule has 5 nitrogen and oxygen atoms in total. The molecule has 0 fully saturated rings. The number of carbonyl (C=O) groups is 1. The molecule has 0 aromatic heterocycles. The summed E-state index contributed by atoms with van der Waals surface area (Å²) in [5.74, 6) is 0.139. The molecule has 1 aromatic carbocycles. The third-order valence-corrected chi connectivity index (χ3v) is 2.43. The summed E-state index contributed by atoms with van der Waals surface area (Å²) >= 11 is 11.6. The van der Waals surface area contributed by atoms with E-state index in [1.54, 1.807) is 26.8 Å². The highest BCUT2D eigenvalue weighted by atomic mass is 35.5. The Hall–Kier alpha value is -1.17. The van der Waals surface area contributed by atoms with E-state index in [1.807, 2.05) is 0 Å². The first kappa shape index (κ1) is 14.9. The van der Waals surface area contributed by atoms with E-state index < -0.39 is 11.6 Å². The summed E-state index contributed by atoms with van der Waals surface area (Å²) in [6.07, 6.45) is -1.28. The van der Waals surface area contributed by atoms with Gasteiger partial charge in [-0.05, 0) is 32.9 Å². The van der Waals surface area contributed by atoms with E-state index in [0.29, 0.717) is 10.1 Å². The topological polar surface area (TPSA) is 59.0 Å². The Labute approximate surface area is 115 Å². The van der Waals surface area contributed by atoms with Crippen molar-refractivity contribution in [3.8, 4) is 5.75 Å². The largest absolute Gasteiger partial charge is 0.463 e. The molecule has 0 aliphatic heterocycles. The molecule has 0 heterocycles. The Morgan fingerprint density at radius 2 is 1.94 bits per heavy atom. The van der Waals surface area contributed by atoms with E-state index in [1.165, 1.54) is 12.1 Å². The van der Waals surface area contributed by atoms with Gasteiger partial charge >= 0.3 is 6.09 Å². The average molecular weight is 294 g/mol. The molecule has 100 valence electrons. The number of benzene rings is 1. The molecule has 0 saturated carbocycles. The van der Waals surface area contributed by atoms with Crippen LogP contribution in [0.2, 0.25) is 10.0 Å². The fraction of sp³-hybridized carbons (Fsp3) is 0.364. The Bertz CT molecular complexity index is 445. The zero-order valence-corrected chi connectivity index (χ0v) is 11.6. The first-order valence-corrected chi connectivity index (χ1v) is 5.80. The van der Waals surface area contributed by atoms with Crippen LogP contribution >= 0.6 is 23.2 Å². The molecular weight excluding hydrogens is 281 g/mol. The predicted molar refractivity (Wildman–Crippen MR) is 67.8 cm³/mol. The second kappa shape index (κ2) is 5.65. The minimum absolute atomic E-state index is 0.139. The highest BCUT2D eigenvalue weighted by Gasteiger charge is 2.29. The zero-order chi connectivity index (χ0) is 13.9. The van der Waals surface area contributed by atoms with Gasteiger partial charge in [0.2, 0.25) is 0 Å². The van der Waals surface area contributed by atoms with Crippen LogP contribution in [0.1, 0.15) is 20.8 Å². The lowest BCUT2D eigenvalue weighted by atomic mass is 10.1. The Morgan fingerprint density at radius 3 is 2.44 bits per heavy atom. The van der Waals surface area contributed by atoms with Gasteiger partial charge < -0.3 is 9.99 Å². The molecule has 0 bridgehead atoms. The minimum Gasteiger partial charge on any atom is -0.463 e. The molecule has 0 atom stereocenters. The second-order valence-corrected chi connectivity index (χ2v) is 5.32. The monoisotopic (exact) mass is 293 g/mol. The van der Waals surface area contributed by atoms with Crippen molar-refractivity contribution >= 4 is 29.3 Å². The molecule has 1 aromatic rings. The maximum absolute atomic E-state index is 11.0. The number of halogens is 2. The maximum Gasteiger partial charge on any atom is 0.435 e. The van der Waals surface area contributed by atoms with Gasteiger partial charge in [0.05, 0.1) is 10.6 Å². The van der Waals surface area contributed by atoms with Gasteiger partial charge in [-0.1, -0.05) is 28.2 Å². The van der Waals surface area contributed by atoms with Crippen molar-refractivity contribution in [2.24, 2.45) is 0 Å². The zero-order valence-electron chi connectivity index (χ0n) is 10.1. The molecule has 1 N–H and O–H groups in total. The minimum atomic E-state index is -1.28. The van der Waals surface area contributed by atoms with Gasteiger partial charge in [0.15, 0.2) is 5.75 Å². The molecular formula is C11H13Cl2NO4. The van der Waals surface area contributed by atoms with Crippen LogP contribution < -0.4 is 4.89 Å². The van der Waals surface area contributed by atoms with Crippen LogP contribution in [0.3, 0.4) is 0 Å². The standard InChI is InChI=1S/C11H13Cl2NO4/c1-11(2,3)14(10(15)16)18-17-9-6-7(12)4-5-8(9)13/h4-6H,1-3H3,(H,15,16). The molecule has 0 aliphatic carbocycles. The van der Waals surface area contributed by atoms with Gasteiger partial charge in [-0.3, -0.25) is 0 Å². The first-order chi connectivity index (χ1) is 8.21. The first-order valence-electron chi connectivity index (χ1n) is 5.04. The highest BCUT2D eigenvalue weighted by Crippen LogP contribution is 2.28. The van der Waals surface area contributed by atoms with Crippen molar-refractivity contribution in [2.45, 2.75) is 26.3 Å². The van der Waals surface area contributed by atoms with Crippen LogP contribution in [0.25, 0.3) is 0 Å².